The van der Waals surface area contributed by atoms with Crippen LogP contribution in [0.4, 0.5) is 0 Å². The molecule has 4 nitrogen and oxygen atoms in total. The van der Waals surface area contributed by atoms with E-state index >= 15 is 0 Å². The van der Waals surface area contributed by atoms with Crippen molar-refractivity contribution in [1.29, 1.82) is 0 Å². The van der Waals surface area contributed by atoms with E-state index in [0.29, 0.717) is 10.6 Å². The van der Waals surface area contributed by atoms with Crippen LogP contribution in [0.5, 0.6) is 0 Å². The number of hydrazone groups is 1. The maximum Gasteiger partial charge on any atom is 0.272 e. The summed E-state index contributed by atoms with van der Waals surface area (Å²) in [5, 5.41) is 5.78. The van der Waals surface area contributed by atoms with E-state index < -0.39 is 0 Å². The predicted octanol–water partition coefficient (Wildman–Crippen LogP) is 5.22. The van der Waals surface area contributed by atoms with E-state index in [9.17, 15) is 4.79 Å². The van der Waals surface area contributed by atoms with Crippen molar-refractivity contribution in [3.8, 4) is 11.3 Å². The summed E-state index contributed by atoms with van der Waals surface area (Å²) in [7, 11) is 0. The van der Waals surface area contributed by atoms with Gasteiger partial charge in [-0.1, -0.05) is 41.9 Å². The van der Waals surface area contributed by atoms with Crippen molar-refractivity contribution < 1.29 is 4.79 Å². The molecule has 1 aliphatic carbocycles. The van der Waals surface area contributed by atoms with Gasteiger partial charge in [0.05, 0.1) is 16.8 Å². The summed E-state index contributed by atoms with van der Waals surface area (Å²) in [5.41, 5.74) is 6.78. The number of hydrogen-bond acceptors (Lipinski definition) is 3. The first-order chi connectivity index (χ1) is 12.7. The largest absolute Gasteiger partial charge is 0.272 e. The maximum absolute atomic E-state index is 12.8. The number of carbonyl (C=O) groups excluding carboxylic acids is 1. The number of nitrogens with zero attached hydrogens (tertiary/aromatic N) is 2. The number of halogens is 1. The molecule has 0 spiro atoms. The van der Waals surface area contributed by atoms with Crippen LogP contribution in [-0.2, 0) is 0 Å². The van der Waals surface area contributed by atoms with Crippen LogP contribution in [-0.4, -0.2) is 16.6 Å². The Hall–Kier alpha value is -2.72. The number of pyridine rings is 1. The predicted molar refractivity (Wildman–Crippen MR) is 106 cm³/mol. The van der Waals surface area contributed by atoms with Gasteiger partial charge in [0.1, 0.15) is 0 Å². The number of rotatable bonds is 3. The molecule has 1 aromatic heterocycles. The van der Waals surface area contributed by atoms with Crippen LogP contribution in [0.15, 0.2) is 59.7 Å². The Morgan fingerprint density at radius 2 is 1.77 bits per heavy atom. The number of amides is 1. The van der Waals surface area contributed by atoms with Crippen LogP contribution in [0.2, 0.25) is 5.02 Å². The highest BCUT2D eigenvalue weighted by atomic mass is 35.5. The Labute approximate surface area is 156 Å². The Balaban J connectivity index is 1.75. The molecule has 3 aromatic rings. The summed E-state index contributed by atoms with van der Waals surface area (Å²) in [4.78, 5) is 17.5. The van der Waals surface area contributed by atoms with Gasteiger partial charge in [-0.05, 0) is 49.9 Å². The van der Waals surface area contributed by atoms with Gasteiger partial charge in [-0.2, -0.15) is 5.10 Å². The van der Waals surface area contributed by atoms with Gasteiger partial charge >= 0.3 is 0 Å². The first-order valence-electron chi connectivity index (χ1n) is 8.72. The first kappa shape index (κ1) is 16.7. The van der Waals surface area contributed by atoms with E-state index in [1.807, 2.05) is 54.6 Å². The normalized spacial score (nSPS) is 13.8. The van der Waals surface area contributed by atoms with Crippen LogP contribution < -0.4 is 5.43 Å². The van der Waals surface area contributed by atoms with Crippen LogP contribution in [0.3, 0.4) is 0 Å². The average molecular weight is 364 g/mol. The summed E-state index contributed by atoms with van der Waals surface area (Å²) in [5.74, 6) is -0.210. The summed E-state index contributed by atoms with van der Waals surface area (Å²) < 4.78 is 0. The van der Waals surface area contributed by atoms with Crippen molar-refractivity contribution in [2.75, 3.05) is 0 Å². The maximum atomic E-state index is 12.8. The SMILES string of the molecule is O=C(NN=C1CCCC1)c1cc(-c2ccc(Cl)cc2)nc2ccccc12. The molecule has 0 unspecified atom stereocenters. The molecule has 1 fully saturated rings. The zero-order valence-electron chi connectivity index (χ0n) is 14.2. The van der Waals surface area contributed by atoms with Gasteiger partial charge in [-0.15, -0.1) is 0 Å². The van der Waals surface area contributed by atoms with Crippen molar-refractivity contribution in [3.63, 3.8) is 0 Å². The van der Waals surface area contributed by atoms with Crippen LogP contribution in [0.25, 0.3) is 22.2 Å². The number of hydrogen-bond donors (Lipinski definition) is 1. The van der Waals surface area contributed by atoms with Crippen molar-refractivity contribution in [3.05, 3.63) is 65.2 Å². The lowest BCUT2D eigenvalue weighted by Crippen LogP contribution is -2.19. The molecule has 1 amide bonds. The van der Waals surface area contributed by atoms with E-state index in [0.717, 1.165) is 53.6 Å². The second kappa shape index (κ2) is 7.26. The smallest absolute Gasteiger partial charge is 0.267 e. The molecular weight excluding hydrogens is 346 g/mol. The topological polar surface area (TPSA) is 54.4 Å². The molecule has 2 aromatic carbocycles. The summed E-state index contributed by atoms with van der Waals surface area (Å²) in [6.07, 6.45) is 4.22. The first-order valence-corrected chi connectivity index (χ1v) is 9.10. The second-order valence-electron chi connectivity index (χ2n) is 6.41. The fraction of sp³-hybridized carbons (Fsp3) is 0.190. The van der Waals surface area contributed by atoms with E-state index in [1.54, 1.807) is 0 Å². The fourth-order valence-corrected chi connectivity index (χ4v) is 3.34. The number of nitrogens with one attached hydrogen (secondary N) is 1. The molecule has 5 heteroatoms. The molecule has 1 heterocycles. The van der Waals surface area contributed by atoms with Crippen LogP contribution in [0, 0.1) is 0 Å². The highest BCUT2D eigenvalue weighted by Gasteiger charge is 2.15. The van der Waals surface area contributed by atoms with Gasteiger partial charge in [-0.3, -0.25) is 4.79 Å². The minimum Gasteiger partial charge on any atom is -0.267 e. The van der Waals surface area contributed by atoms with E-state index in [2.05, 4.69) is 10.5 Å². The molecule has 130 valence electrons. The summed E-state index contributed by atoms with van der Waals surface area (Å²) in [6, 6.07) is 16.9. The van der Waals surface area contributed by atoms with Crippen molar-refractivity contribution in [2.24, 2.45) is 5.10 Å². The van der Waals surface area contributed by atoms with E-state index in [-0.39, 0.29) is 5.91 Å². The quantitative estimate of drug-likeness (QED) is 0.649. The van der Waals surface area contributed by atoms with Gasteiger partial charge in [0.25, 0.3) is 5.91 Å². The number of fused-ring (bicyclic) bond motifs is 1. The van der Waals surface area contributed by atoms with Crippen molar-refractivity contribution in [1.82, 2.24) is 10.4 Å². The highest BCUT2D eigenvalue weighted by molar-refractivity contribution is 6.30. The summed E-state index contributed by atoms with van der Waals surface area (Å²) >= 11 is 5.98. The highest BCUT2D eigenvalue weighted by Crippen LogP contribution is 2.26. The third-order valence-electron chi connectivity index (χ3n) is 4.60. The third kappa shape index (κ3) is 3.46. The molecular formula is C21H18ClN3O. The number of para-hydroxylation sites is 1. The fourth-order valence-electron chi connectivity index (χ4n) is 3.22. The van der Waals surface area contributed by atoms with Gasteiger partial charge in [0.15, 0.2) is 0 Å². The lowest BCUT2D eigenvalue weighted by atomic mass is 10.0. The van der Waals surface area contributed by atoms with Gasteiger partial charge in [0, 0.05) is 21.7 Å². The third-order valence-corrected chi connectivity index (χ3v) is 4.85. The molecule has 4 rings (SSSR count). The monoisotopic (exact) mass is 363 g/mol. The Bertz CT molecular complexity index is 988. The molecule has 0 radical (unpaired) electrons. The van der Waals surface area contributed by atoms with Crippen LogP contribution >= 0.6 is 11.6 Å². The standard InChI is InChI=1S/C21H18ClN3O/c22-15-11-9-14(10-12-15)20-13-18(17-7-3-4-8-19(17)23-20)21(26)25-24-16-5-1-2-6-16/h3-4,7-13H,1-2,5-6H2,(H,25,26). The van der Waals surface area contributed by atoms with E-state index in [1.165, 1.54) is 0 Å². The molecule has 0 atom stereocenters. The van der Waals surface area contributed by atoms with E-state index in [4.69, 9.17) is 16.6 Å². The van der Waals surface area contributed by atoms with Gasteiger partial charge in [-0.25, -0.2) is 10.4 Å². The Morgan fingerprint density at radius 3 is 2.54 bits per heavy atom. The number of aromatic nitrogens is 1. The Kier molecular flexibility index (Phi) is 4.67. The lowest BCUT2D eigenvalue weighted by molar-refractivity contribution is 0.0956. The van der Waals surface area contributed by atoms with Gasteiger partial charge < -0.3 is 0 Å². The molecule has 1 saturated carbocycles. The molecule has 0 saturated heterocycles. The van der Waals surface area contributed by atoms with Crippen molar-refractivity contribution >= 4 is 34.1 Å². The molecule has 26 heavy (non-hydrogen) atoms. The lowest BCUT2D eigenvalue weighted by Gasteiger charge is -2.09. The number of carbonyl (C=O) groups is 1. The van der Waals surface area contributed by atoms with Gasteiger partial charge in [0.2, 0.25) is 0 Å². The zero-order chi connectivity index (χ0) is 17.9. The van der Waals surface area contributed by atoms with Crippen LogP contribution in [0.1, 0.15) is 36.0 Å². The van der Waals surface area contributed by atoms with Crippen molar-refractivity contribution in [2.45, 2.75) is 25.7 Å². The summed E-state index contributed by atoms with van der Waals surface area (Å²) in [6.45, 7) is 0. The molecule has 1 N–H and O–H groups in total. The minimum absolute atomic E-state index is 0.210. The number of benzene rings is 2. The molecule has 0 aliphatic heterocycles. The molecule has 1 aliphatic rings. The Morgan fingerprint density at radius 1 is 1.04 bits per heavy atom. The second-order valence-corrected chi connectivity index (χ2v) is 6.84. The molecule has 0 bridgehead atoms. The zero-order valence-corrected chi connectivity index (χ0v) is 15.0. The average Bonchev–Trinajstić information content (AvgIpc) is 3.19. The minimum atomic E-state index is -0.210.